The molecule has 0 unspecified atom stereocenters. The number of fused-ring (bicyclic) bond motifs is 1. The van der Waals surface area contributed by atoms with E-state index in [1.54, 1.807) is 96.8 Å². The van der Waals surface area contributed by atoms with Crippen LogP contribution in [-0.4, -0.2) is 73.8 Å². The van der Waals surface area contributed by atoms with Crippen LogP contribution < -0.4 is 16.2 Å². The van der Waals surface area contributed by atoms with Crippen molar-refractivity contribution < 1.29 is 34.8 Å². The van der Waals surface area contributed by atoms with Crippen LogP contribution in [-0.2, 0) is 21.7 Å². The highest BCUT2D eigenvalue weighted by Crippen LogP contribution is 2.33. The van der Waals surface area contributed by atoms with Gasteiger partial charge in [0.25, 0.3) is 5.91 Å². The zero-order chi connectivity index (χ0) is 37.7. The van der Waals surface area contributed by atoms with Gasteiger partial charge in [-0.15, -0.1) is 0 Å². The zero-order valence-corrected chi connectivity index (χ0v) is 29.0. The van der Waals surface area contributed by atoms with Gasteiger partial charge in [0, 0.05) is 48.8 Å². The van der Waals surface area contributed by atoms with E-state index in [4.69, 9.17) is 0 Å². The Bertz CT molecular complexity index is 2240. The number of carbonyl (C=O) groups excluding carboxylic acids is 2. The first-order valence-corrected chi connectivity index (χ1v) is 17.2. The Hall–Kier alpha value is -6.08. The Morgan fingerprint density at radius 1 is 0.925 bits per heavy atom. The molecule has 6 rings (SSSR count). The fraction of sp³-hybridized carbons (Fsp3) is 0.220. The molecule has 53 heavy (non-hydrogen) atoms. The minimum absolute atomic E-state index is 0.0819. The summed E-state index contributed by atoms with van der Waals surface area (Å²) in [5.74, 6) is -2.10. The Labute approximate surface area is 305 Å². The maximum atomic E-state index is 13.3. The smallest absolute Gasteiger partial charge is 0.345 e. The molecule has 1 aliphatic rings. The second-order valence-corrected chi connectivity index (χ2v) is 13.0. The number of carboxylic acid groups (broad SMARTS) is 1. The SMILES string of the molecule is C[C@@H](NC(=O)c1ccc(CNC[C@H](O)c2ccc(O)c3[nH]c(=O)ccc23)cc1)C(=O)N1CC=C(c2cccc([C@](O)(C(=O)O)c3ccccc3)c2)CC1. The Morgan fingerprint density at radius 2 is 1.66 bits per heavy atom. The van der Waals surface area contributed by atoms with Crippen LogP contribution >= 0.6 is 0 Å². The number of aromatic hydroxyl groups is 1. The highest BCUT2D eigenvalue weighted by atomic mass is 16.4. The van der Waals surface area contributed by atoms with E-state index in [0.29, 0.717) is 42.6 Å². The summed E-state index contributed by atoms with van der Waals surface area (Å²) in [4.78, 5) is 54.5. The lowest BCUT2D eigenvalue weighted by atomic mass is 9.84. The molecule has 1 aliphatic heterocycles. The van der Waals surface area contributed by atoms with Gasteiger partial charge in [-0.2, -0.15) is 0 Å². The average molecular weight is 717 g/mol. The molecule has 4 aromatic carbocycles. The summed E-state index contributed by atoms with van der Waals surface area (Å²) in [6.07, 6.45) is 1.50. The van der Waals surface area contributed by atoms with Gasteiger partial charge in [0.2, 0.25) is 17.1 Å². The lowest BCUT2D eigenvalue weighted by Crippen LogP contribution is -2.48. The van der Waals surface area contributed by atoms with Crippen molar-refractivity contribution in [1.29, 1.82) is 0 Å². The summed E-state index contributed by atoms with van der Waals surface area (Å²) in [5, 5.41) is 48.7. The number of carbonyl (C=O) groups is 3. The normalized spacial score (nSPS) is 15.2. The quantitative estimate of drug-likeness (QED) is 0.101. The van der Waals surface area contributed by atoms with Gasteiger partial charge in [-0.3, -0.25) is 14.4 Å². The molecule has 1 aromatic heterocycles. The van der Waals surface area contributed by atoms with Crippen molar-refractivity contribution in [3.63, 3.8) is 0 Å². The number of pyridine rings is 1. The number of hydrogen-bond acceptors (Lipinski definition) is 8. The van der Waals surface area contributed by atoms with Crippen LogP contribution in [0.1, 0.15) is 57.6 Å². The number of benzene rings is 4. The van der Waals surface area contributed by atoms with E-state index in [1.807, 2.05) is 12.1 Å². The largest absolute Gasteiger partial charge is 0.506 e. The third-order valence-corrected chi connectivity index (χ3v) is 9.54. The second-order valence-electron chi connectivity index (χ2n) is 13.0. The molecule has 5 aromatic rings. The number of aromatic nitrogens is 1. The molecule has 2 heterocycles. The number of amides is 2. The monoisotopic (exact) mass is 716 g/mol. The minimum atomic E-state index is -2.22. The van der Waals surface area contributed by atoms with Crippen molar-refractivity contribution >= 4 is 34.3 Å². The third-order valence-electron chi connectivity index (χ3n) is 9.54. The molecule has 0 spiro atoms. The van der Waals surface area contributed by atoms with Gasteiger partial charge in [-0.1, -0.05) is 72.8 Å². The number of aliphatic hydroxyl groups is 2. The van der Waals surface area contributed by atoms with Gasteiger partial charge in [0.1, 0.15) is 11.8 Å². The van der Waals surface area contributed by atoms with E-state index in [9.17, 15) is 39.6 Å². The second kappa shape index (κ2) is 15.7. The van der Waals surface area contributed by atoms with Crippen molar-refractivity contribution in [2.75, 3.05) is 19.6 Å². The highest BCUT2D eigenvalue weighted by molar-refractivity contribution is 5.97. The molecule has 7 N–H and O–H groups in total. The minimum Gasteiger partial charge on any atom is -0.506 e. The van der Waals surface area contributed by atoms with Gasteiger partial charge in [0.05, 0.1) is 11.6 Å². The number of H-pyrrole nitrogens is 1. The lowest BCUT2D eigenvalue weighted by Gasteiger charge is -2.30. The summed E-state index contributed by atoms with van der Waals surface area (Å²) in [7, 11) is 0. The summed E-state index contributed by atoms with van der Waals surface area (Å²) < 4.78 is 0. The van der Waals surface area contributed by atoms with E-state index in [-0.39, 0.29) is 40.4 Å². The molecule has 12 nitrogen and oxygen atoms in total. The lowest BCUT2D eigenvalue weighted by molar-refractivity contribution is -0.155. The van der Waals surface area contributed by atoms with E-state index in [1.165, 1.54) is 12.1 Å². The fourth-order valence-electron chi connectivity index (χ4n) is 6.57. The number of phenolic OH excluding ortho intramolecular Hbond substituents is 1. The van der Waals surface area contributed by atoms with Crippen LogP contribution in [0, 0.1) is 0 Å². The molecule has 272 valence electrons. The summed E-state index contributed by atoms with van der Waals surface area (Å²) in [6.45, 7) is 2.94. The van der Waals surface area contributed by atoms with Crippen molar-refractivity contribution in [1.82, 2.24) is 20.5 Å². The van der Waals surface area contributed by atoms with E-state index < -0.39 is 29.6 Å². The first-order valence-electron chi connectivity index (χ1n) is 17.2. The maximum Gasteiger partial charge on any atom is 0.345 e. The predicted octanol–water partition coefficient (Wildman–Crippen LogP) is 3.81. The van der Waals surface area contributed by atoms with Crippen LogP contribution in [0.2, 0.25) is 0 Å². The van der Waals surface area contributed by atoms with E-state index >= 15 is 0 Å². The average Bonchev–Trinajstić information content (AvgIpc) is 3.18. The molecule has 2 amide bonds. The molecule has 12 heteroatoms. The number of rotatable bonds is 12. The summed E-state index contributed by atoms with van der Waals surface area (Å²) >= 11 is 0. The number of aliphatic carboxylic acids is 1. The van der Waals surface area contributed by atoms with Gasteiger partial charge >= 0.3 is 5.97 Å². The van der Waals surface area contributed by atoms with Crippen molar-refractivity contribution in [2.45, 2.75) is 37.6 Å². The first-order chi connectivity index (χ1) is 25.4. The molecular formula is C41H40N4O8. The Kier molecular flexibility index (Phi) is 10.8. The van der Waals surface area contributed by atoms with Crippen LogP contribution in [0.25, 0.3) is 16.5 Å². The molecule has 0 saturated heterocycles. The van der Waals surface area contributed by atoms with Crippen LogP contribution in [0.3, 0.4) is 0 Å². The zero-order valence-electron chi connectivity index (χ0n) is 29.0. The predicted molar refractivity (Wildman–Crippen MR) is 199 cm³/mol. The maximum absolute atomic E-state index is 13.3. The fourth-order valence-corrected chi connectivity index (χ4v) is 6.57. The summed E-state index contributed by atoms with van der Waals surface area (Å²) in [5.41, 5.74) is 1.64. The van der Waals surface area contributed by atoms with Crippen molar-refractivity contribution in [3.8, 4) is 5.75 Å². The molecule has 0 bridgehead atoms. The van der Waals surface area contributed by atoms with Gasteiger partial charge < -0.3 is 40.9 Å². The number of nitrogens with one attached hydrogen (secondary N) is 3. The molecular weight excluding hydrogens is 676 g/mol. The van der Waals surface area contributed by atoms with Crippen LogP contribution in [0.4, 0.5) is 0 Å². The molecule has 0 radical (unpaired) electrons. The third kappa shape index (κ3) is 7.90. The van der Waals surface area contributed by atoms with E-state index in [0.717, 1.165) is 16.7 Å². The van der Waals surface area contributed by atoms with Gasteiger partial charge in [0.15, 0.2) is 0 Å². The standard InChI is InChI=1S/C41H40N4O8/c1-25(39(50)45-20-18-27(19-21-45)29-6-5-9-31(22-29)41(53,40(51)52)30-7-3-2-4-8-30)43-38(49)28-12-10-26(11-13-28)23-42-24-35(47)32-14-16-34(46)37-33(32)15-17-36(48)44-37/h2-18,22,25,35,42,46-47,53H,19-21,23-24H2,1H3,(H,43,49)(H,44,48)(H,51,52)/t25-,35+,41+/m1/s1. The first kappa shape index (κ1) is 36.7. The Balaban J connectivity index is 1.01. The highest BCUT2D eigenvalue weighted by Gasteiger charge is 2.40. The van der Waals surface area contributed by atoms with Crippen molar-refractivity contribution in [2.24, 2.45) is 0 Å². The topological polar surface area (TPSA) is 192 Å². The summed E-state index contributed by atoms with van der Waals surface area (Å²) in [6, 6.07) is 27.1. The van der Waals surface area contributed by atoms with E-state index in [2.05, 4.69) is 15.6 Å². The molecule has 0 fully saturated rings. The van der Waals surface area contributed by atoms with Crippen LogP contribution in [0.5, 0.6) is 5.75 Å². The number of carboxylic acids is 1. The number of aliphatic hydroxyl groups excluding tert-OH is 1. The van der Waals surface area contributed by atoms with Gasteiger partial charge in [-0.25, -0.2) is 4.79 Å². The molecule has 0 aliphatic carbocycles. The number of hydrogen-bond donors (Lipinski definition) is 7. The van der Waals surface area contributed by atoms with Crippen LogP contribution in [0.15, 0.2) is 114 Å². The Morgan fingerprint density at radius 3 is 2.36 bits per heavy atom. The molecule has 0 saturated carbocycles. The number of aromatic amines is 1. The van der Waals surface area contributed by atoms with Gasteiger partial charge in [-0.05, 0) is 71.5 Å². The number of nitrogens with zero attached hydrogens (tertiary/aromatic N) is 1. The number of phenols is 1. The van der Waals surface area contributed by atoms with Crippen molar-refractivity contribution in [3.05, 3.63) is 153 Å². The molecule has 3 atom stereocenters.